The lowest BCUT2D eigenvalue weighted by molar-refractivity contribution is 0.669. The summed E-state index contributed by atoms with van der Waals surface area (Å²) in [7, 11) is 0. The fourth-order valence-electron chi connectivity index (χ4n) is 11.9. The minimum Gasteiger partial charge on any atom is -0.456 e. The third-order valence-corrected chi connectivity index (χ3v) is 16.4. The predicted octanol–water partition coefficient (Wildman–Crippen LogP) is 18.5. The smallest absolute Gasteiger partial charge is 0.164 e. The lowest BCUT2D eigenvalue weighted by Gasteiger charge is -2.34. The molecule has 3 heterocycles. The average molecular weight is 974 g/mol. The first-order valence-corrected chi connectivity index (χ1v) is 26.2. The highest BCUT2D eigenvalue weighted by Gasteiger charge is 2.46. The molecule has 4 nitrogen and oxygen atoms in total. The quantitative estimate of drug-likeness (QED) is 0.152. The Kier molecular flexibility index (Phi) is 9.94. The van der Waals surface area contributed by atoms with E-state index in [-0.39, 0.29) is 0 Å². The van der Waals surface area contributed by atoms with Crippen molar-refractivity contribution in [3.05, 3.63) is 283 Å². The van der Waals surface area contributed by atoms with Crippen LogP contribution in [0.1, 0.15) is 22.3 Å². The van der Waals surface area contributed by atoms with Gasteiger partial charge in [-0.25, -0.2) is 15.0 Å². The molecule has 0 fully saturated rings. The molecule has 0 radical (unpaired) electrons. The van der Waals surface area contributed by atoms with Gasteiger partial charge in [-0.05, 0) is 103 Å². The van der Waals surface area contributed by atoms with Crippen LogP contribution in [0.4, 0.5) is 0 Å². The average Bonchev–Trinajstić information content (AvgIpc) is 4.28. The molecule has 5 heteroatoms. The molecule has 0 amide bonds. The summed E-state index contributed by atoms with van der Waals surface area (Å²) in [4.78, 5) is 16.2. The van der Waals surface area contributed by atoms with Gasteiger partial charge < -0.3 is 4.42 Å². The molecule has 0 atom stereocenters. The summed E-state index contributed by atoms with van der Waals surface area (Å²) in [6, 6.07) is 93.5. The summed E-state index contributed by atoms with van der Waals surface area (Å²) >= 11 is 1.79. The maximum Gasteiger partial charge on any atom is 0.164 e. The Hall–Kier alpha value is -9.55. The molecule has 350 valence electrons. The van der Waals surface area contributed by atoms with Gasteiger partial charge in [0.25, 0.3) is 0 Å². The maximum atomic E-state index is 6.66. The highest BCUT2D eigenvalue weighted by molar-refractivity contribution is 7.25. The Bertz CT molecular complexity index is 4480. The predicted molar refractivity (Wildman–Crippen MR) is 310 cm³/mol. The molecule has 75 heavy (non-hydrogen) atoms. The van der Waals surface area contributed by atoms with E-state index in [4.69, 9.17) is 19.4 Å². The van der Waals surface area contributed by atoms with Crippen molar-refractivity contribution >= 4 is 53.4 Å². The van der Waals surface area contributed by atoms with Crippen LogP contribution in [-0.4, -0.2) is 15.0 Å². The minimum atomic E-state index is -0.462. The Morgan fingerprint density at radius 2 is 0.800 bits per heavy atom. The number of fused-ring (bicyclic) bond motifs is 9. The Labute approximate surface area is 437 Å². The number of hydrogen-bond donors (Lipinski definition) is 0. The normalized spacial score (nSPS) is 12.6. The molecule has 0 saturated heterocycles. The fourth-order valence-corrected chi connectivity index (χ4v) is 13.0. The number of rotatable bonds is 8. The van der Waals surface area contributed by atoms with E-state index in [1.165, 1.54) is 53.7 Å². The number of hydrogen-bond acceptors (Lipinski definition) is 5. The second-order valence-corrected chi connectivity index (χ2v) is 20.4. The molecule has 3 aromatic heterocycles. The van der Waals surface area contributed by atoms with Crippen molar-refractivity contribution in [2.75, 3.05) is 0 Å². The zero-order chi connectivity index (χ0) is 49.5. The first-order valence-electron chi connectivity index (χ1n) is 25.4. The van der Waals surface area contributed by atoms with Gasteiger partial charge in [-0.15, -0.1) is 11.3 Å². The van der Waals surface area contributed by atoms with Crippen molar-refractivity contribution in [2.45, 2.75) is 5.41 Å². The van der Waals surface area contributed by atoms with Gasteiger partial charge in [-0.1, -0.05) is 224 Å². The van der Waals surface area contributed by atoms with Crippen LogP contribution >= 0.6 is 11.3 Å². The van der Waals surface area contributed by atoms with Crippen molar-refractivity contribution in [1.29, 1.82) is 0 Å². The zero-order valence-electron chi connectivity index (χ0n) is 40.5. The second kappa shape index (κ2) is 17.3. The summed E-state index contributed by atoms with van der Waals surface area (Å²) in [6.07, 6.45) is 0. The van der Waals surface area contributed by atoms with Gasteiger partial charge >= 0.3 is 0 Å². The van der Waals surface area contributed by atoms with Crippen molar-refractivity contribution < 1.29 is 4.42 Å². The highest BCUT2D eigenvalue weighted by atomic mass is 32.1. The number of nitrogens with zero attached hydrogens (tertiary/aromatic N) is 3. The molecule has 14 aromatic rings. The summed E-state index contributed by atoms with van der Waals surface area (Å²) < 4.78 is 9.08. The molecule has 1 aliphatic carbocycles. The standard InChI is InChI=1S/C70H43N3OS/c1-4-18-46(19-5-1)51-24-10-11-26-54(51)67-71-68(73-69(72-67)57-29-17-33-64-66(57)55-27-13-15-32-63(55)75-64)56-28-16-31-62-65(56)58-42-47(39-41-61(58)74-62)44-34-36-45(37-35-44)48-38-40-53-52-25-12-14-30-59(52)70(60(53)43-48,49-20-6-2-7-21-49)50-22-8-3-9-23-50/h1-43H. The van der Waals surface area contributed by atoms with Crippen molar-refractivity contribution in [3.8, 4) is 78.7 Å². The topological polar surface area (TPSA) is 51.8 Å². The van der Waals surface area contributed by atoms with E-state index < -0.39 is 5.41 Å². The first kappa shape index (κ1) is 43.1. The molecular formula is C70H43N3OS. The second-order valence-electron chi connectivity index (χ2n) is 19.4. The first-order chi connectivity index (χ1) is 37.2. The summed E-state index contributed by atoms with van der Waals surface area (Å²) in [5.74, 6) is 1.81. The minimum absolute atomic E-state index is 0.462. The van der Waals surface area contributed by atoms with Crippen LogP contribution < -0.4 is 0 Å². The molecule has 15 rings (SSSR count). The van der Waals surface area contributed by atoms with Gasteiger partial charge in [-0.3, -0.25) is 0 Å². The van der Waals surface area contributed by atoms with E-state index in [9.17, 15) is 0 Å². The van der Waals surface area contributed by atoms with Gasteiger partial charge in [0.15, 0.2) is 17.5 Å². The number of benzene rings is 11. The lowest BCUT2D eigenvalue weighted by Crippen LogP contribution is -2.28. The summed E-state index contributed by atoms with van der Waals surface area (Å²) in [5.41, 5.74) is 18.3. The Morgan fingerprint density at radius 1 is 0.293 bits per heavy atom. The van der Waals surface area contributed by atoms with Crippen LogP contribution in [0, 0.1) is 0 Å². The molecule has 0 aliphatic heterocycles. The van der Waals surface area contributed by atoms with Crippen LogP contribution in [0.5, 0.6) is 0 Å². The van der Waals surface area contributed by atoms with E-state index in [1.54, 1.807) is 11.3 Å². The fraction of sp³-hybridized carbons (Fsp3) is 0.0143. The summed E-state index contributed by atoms with van der Waals surface area (Å²) in [6.45, 7) is 0. The lowest BCUT2D eigenvalue weighted by atomic mass is 9.67. The van der Waals surface area contributed by atoms with Crippen LogP contribution in [0.2, 0.25) is 0 Å². The third kappa shape index (κ3) is 6.86. The van der Waals surface area contributed by atoms with Crippen LogP contribution in [0.25, 0.3) is 121 Å². The van der Waals surface area contributed by atoms with Gasteiger partial charge in [0.2, 0.25) is 0 Å². The van der Waals surface area contributed by atoms with Gasteiger partial charge in [0, 0.05) is 47.6 Å². The SMILES string of the molecule is c1ccc(-c2ccccc2-c2nc(-c3cccc4oc5ccc(-c6ccc(-c7ccc8c(c7)C(c7ccccc7)(c7ccccc7)c7ccccc7-8)cc6)cc5c34)nc(-c3cccc4sc5ccccc5c34)n2)cc1. The van der Waals surface area contributed by atoms with Crippen molar-refractivity contribution in [1.82, 2.24) is 15.0 Å². The van der Waals surface area contributed by atoms with Gasteiger partial charge in [0.05, 0.1) is 5.41 Å². The van der Waals surface area contributed by atoms with Crippen LogP contribution in [-0.2, 0) is 5.41 Å². The zero-order valence-corrected chi connectivity index (χ0v) is 41.3. The van der Waals surface area contributed by atoms with E-state index in [2.05, 4.69) is 243 Å². The third-order valence-electron chi connectivity index (χ3n) is 15.3. The van der Waals surface area contributed by atoms with Crippen LogP contribution in [0.3, 0.4) is 0 Å². The largest absolute Gasteiger partial charge is 0.456 e. The molecular weight excluding hydrogens is 931 g/mol. The molecule has 0 saturated carbocycles. The summed E-state index contributed by atoms with van der Waals surface area (Å²) in [5, 5.41) is 4.30. The van der Waals surface area contributed by atoms with E-state index in [1.807, 2.05) is 18.2 Å². The Morgan fingerprint density at radius 3 is 1.52 bits per heavy atom. The van der Waals surface area contributed by atoms with Crippen molar-refractivity contribution in [3.63, 3.8) is 0 Å². The number of aromatic nitrogens is 3. The highest BCUT2D eigenvalue weighted by Crippen LogP contribution is 2.57. The van der Waals surface area contributed by atoms with E-state index in [0.717, 1.165) is 71.8 Å². The van der Waals surface area contributed by atoms with Gasteiger partial charge in [-0.2, -0.15) is 0 Å². The molecule has 0 N–H and O–H groups in total. The number of furan rings is 1. The van der Waals surface area contributed by atoms with Crippen molar-refractivity contribution in [2.24, 2.45) is 0 Å². The molecule has 11 aromatic carbocycles. The maximum absolute atomic E-state index is 6.66. The molecule has 1 aliphatic rings. The monoisotopic (exact) mass is 973 g/mol. The van der Waals surface area contributed by atoms with E-state index in [0.29, 0.717) is 17.5 Å². The van der Waals surface area contributed by atoms with E-state index >= 15 is 0 Å². The number of thiophene rings is 1. The van der Waals surface area contributed by atoms with Crippen LogP contribution in [0.15, 0.2) is 265 Å². The Balaban J connectivity index is 0.858. The molecule has 0 unspecified atom stereocenters. The van der Waals surface area contributed by atoms with Gasteiger partial charge in [0.1, 0.15) is 11.2 Å². The molecule has 0 spiro atoms. The molecule has 0 bridgehead atoms.